The van der Waals surface area contributed by atoms with Gasteiger partial charge < -0.3 is 10.6 Å². The molecule has 0 saturated carbocycles. The molecule has 14 heavy (non-hydrogen) atoms. The van der Waals surface area contributed by atoms with Crippen LogP contribution in [0.2, 0.25) is 0 Å². The minimum absolute atomic E-state index is 0.241. The van der Waals surface area contributed by atoms with Crippen LogP contribution in [-0.4, -0.2) is 55.1 Å². The molecule has 1 rings (SSSR count). The van der Waals surface area contributed by atoms with E-state index in [2.05, 4.69) is 37.7 Å². The Morgan fingerprint density at radius 1 is 1.50 bits per heavy atom. The fraction of sp³-hybridized carbons (Fsp3) is 1.00. The molecule has 1 saturated heterocycles. The van der Waals surface area contributed by atoms with Gasteiger partial charge in [-0.15, -0.1) is 0 Å². The molecule has 3 nitrogen and oxygen atoms in total. The first-order valence-corrected chi connectivity index (χ1v) is 5.59. The van der Waals surface area contributed by atoms with E-state index in [0.29, 0.717) is 6.04 Å². The van der Waals surface area contributed by atoms with E-state index in [-0.39, 0.29) is 5.54 Å². The van der Waals surface area contributed by atoms with Crippen LogP contribution in [0.25, 0.3) is 0 Å². The van der Waals surface area contributed by atoms with Crippen molar-refractivity contribution in [1.29, 1.82) is 0 Å². The molecule has 1 aliphatic heterocycles. The molecular weight excluding hydrogens is 174 g/mol. The van der Waals surface area contributed by atoms with Crippen LogP contribution >= 0.6 is 0 Å². The maximum absolute atomic E-state index is 5.64. The molecule has 1 atom stereocenters. The largest absolute Gasteiger partial charge is 0.330 e. The van der Waals surface area contributed by atoms with E-state index in [4.69, 9.17) is 5.73 Å². The Kier molecular flexibility index (Phi) is 3.93. The van der Waals surface area contributed by atoms with Crippen LogP contribution in [0.3, 0.4) is 0 Å². The zero-order valence-corrected chi connectivity index (χ0v) is 10.1. The Balaban J connectivity index is 2.51. The van der Waals surface area contributed by atoms with E-state index in [1.165, 1.54) is 19.5 Å². The molecular formula is C11H25N3. The van der Waals surface area contributed by atoms with Crippen molar-refractivity contribution in [1.82, 2.24) is 9.80 Å². The summed E-state index contributed by atoms with van der Waals surface area (Å²) in [5.41, 5.74) is 5.88. The molecule has 0 spiro atoms. The molecule has 0 aromatic carbocycles. The lowest BCUT2D eigenvalue weighted by Gasteiger charge is -2.39. The van der Waals surface area contributed by atoms with Crippen molar-refractivity contribution in [2.24, 2.45) is 5.73 Å². The van der Waals surface area contributed by atoms with Crippen molar-refractivity contribution < 1.29 is 0 Å². The fourth-order valence-electron chi connectivity index (χ4n) is 2.25. The standard InChI is InChI=1S/C11H25N3/c1-11(2,6-7-12)14(4)10-5-8-13(3)9-10/h10H,5-9,12H2,1-4H3. The van der Waals surface area contributed by atoms with Gasteiger partial charge in [0, 0.05) is 18.1 Å². The van der Waals surface area contributed by atoms with Crippen LogP contribution in [0.5, 0.6) is 0 Å². The molecule has 3 heteroatoms. The Hall–Kier alpha value is -0.120. The quantitative estimate of drug-likeness (QED) is 0.725. The van der Waals surface area contributed by atoms with Crippen molar-refractivity contribution in [3.8, 4) is 0 Å². The van der Waals surface area contributed by atoms with Gasteiger partial charge in [0.15, 0.2) is 0 Å². The molecule has 1 unspecified atom stereocenters. The van der Waals surface area contributed by atoms with Crippen molar-refractivity contribution >= 4 is 0 Å². The summed E-state index contributed by atoms with van der Waals surface area (Å²) in [6, 6.07) is 0.710. The number of likely N-dealkylation sites (tertiary alicyclic amines) is 1. The number of nitrogens with two attached hydrogens (primary N) is 1. The highest BCUT2D eigenvalue weighted by Crippen LogP contribution is 2.23. The van der Waals surface area contributed by atoms with Gasteiger partial charge in [-0.05, 0) is 53.9 Å². The van der Waals surface area contributed by atoms with Crippen molar-refractivity contribution in [3.63, 3.8) is 0 Å². The Labute approximate surface area is 88.2 Å². The molecule has 0 aromatic heterocycles. The summed E-state index contributed by atoms with van der Waals surface area (Å²) in [6.07, 6.45) is 2.37. The van der Waals surface area contributed by atoms with Crippen LogP contribution in [0.15, 0.2) is 0 Å². The monoisotopic (exact) mass is 199 g/mol. The molecule has 0 amide bonds. The average molecular weight is 199 g/mol. The zero-order valence-electron chi connectivity index (χ0n) is 10.1. The average Bonchev–Trinajstić information content (AvgIpc) is 2.50. The van der Waals surface area contributed by atoms with Crippen molar-refractivity contribution in [2.45, 2.75) is 38.3 Å². The second-order valence-corrected chi connectivity index (χ2v) is 5.17. The summed E-state index contributed by atoms with van der Waals surface area (Å²) >= 11 is 0. The van der Waals surface area contributed by atoms with E-state index in [1.807, 2.05) is 0 Å². The lowest BCUT2D eigenvalue weighted by atomic mass is 9.96. The van der Waals surface area contributed by atoms with E-state index in [0.717, 1.165) is 13.0 Å². The van der Waals surface area contributed by atoms with E-state index >= 15 is 0 Å². The van der Waals surface area contributed by atoms with Gasteiger partial charge in [0.25, 0.3) is 0 Å². The molecule has 1 aliphatic rings. The summed E-state index contributed by atoms with van der Waals surface area (Å²) in [5, 5.41) is 0. The molecule has 0 bridgehead atoms. The van der Waals surface area contributed by atoms with Crippen LogP contribution in [0.4, 0.5) is 0 Å². The third kappa shape index (κ3) is 2.69. The van der Waals surface area contributed by atoms with Crippen molar-refractivity contribution in [2.75, 3.05) is 33.7 Å². The SMILES string of the molecule is CN1CCC(N(C)C(C)(C)CCN)C1. The lowest BCUT2D eigenvalue weighted by Crippen LogP contribution is -2.49. The third-order valence-corrected chi connectivity index (χ3v) is 3.63. The minimum Gasteiger partial charge on any atom is -0.330 e. The molecule has 1 fully saturated rings. The highest BCUT2D eigenvalue weighted by atomic mass is 15.3. The minimum atomic E-state index is 0.241. The number of hydrogen-bond acceptors (Lipinski definition) is 3. The summed E-state index contributed by atoms with van der Waals surface area (Å²) in [5.74, 6) is 0. The van der Waals surface area contributed by atoms with Crippen LogP contribution in [-0.2, 0) is 0 Å². The van der Waals surface area contributed by atoms with E-state index in [9.17, 15) is 0 Å². The second-order valence-electron chi connectivity index (χ2n) is 5.17. The van der Waals surface area contributed by atoms with E-state index in [1.54, 1.807) is 0 Å². The van der Waals surface area contributed by atoms with Gasteiger partial charge in [-0.2, -0.15) is 0 Å². The Bertz CT molecular complexity index is 179. The first-order chi connectivity index (χ1) is 6.47. The normalized spacial score (nSPS) is 24.9. The van der Waals surface area contributed by atoms with Gasteiger partial charge in [-0.25, -0.2) is 0 Å². The highest BCUT2D eigenvalue weighted by Gasteiger charge is 2.31. The van der Waals surface area contributed by atoms with Gasteiger partial charge in [0.1, 0.15) is 0 Å². The Morgan fingerprint density at radius 2 is 2.14 bits per heavy atom. The molecule has 2 N–H and O–H groups in total. The Morgan fingerprint density at radius 3 is 2.57 bits per heavy atom. The summed E-state index contributed by atoms with van der Waals surface area (Å²) in [4.78, 5) is 4.91. The molecule has 84 valence electrons. The maximum Gasteiger partial charge on any atom is 0.0237 e. The lowest BCUT2D eigenvalue weighted by molar-refractivity contribution is 0.0988. The molecule has 0 aromatic rings. The first kappa shape index (κ1) is 12.0. The number of rotatable bonds is 4. The highest BCUT2D eigenvalue weighted by molar-refractivity contribution is 4.89. The molecule has 0 aliphatic carbocycles. The van der Waals surface area contributed by atoms with Gasteiger partial charge in [0.2, 0.25) is 0 Å². The number of nitrogens with zero attached hydrogens (tertiary/aromatic N) is 2. The van der Waals surface area contributed by atoms with Gasteiger partial charge in [-0.3, -0.25) is 4.90 Å². The van der Waals surface area contributed by atoms with Gasteiger partial charge in [-0.1, -0.05) is 0 Å². The van der Waals surface area contributed by atoms with Gasteiger partial charge >= 0.3 is 0 Å². The topological polar surface area (TPSA) is 32.5 Å². The smallest absolute Gasteiger partial charge is 0.0237 e. The maximum atomic E-state index is 5.64. The predicted molar refractivity (Wildman–Crippen MR) is 61.4 cm³/mol. The summed E-state index contributed by atoms with van der Waals surface area (Å²) in [6.45, 7) is 7.79. The van der Waals surface area contributed by atoms with Crippen molar-refractivity contribution in [3.05, 3.63) is 0 Å². The fourth-order valence-corrected chi connectivity index (χ4v) is 2.25. The summed E-state index contributed by atoms with van der Waals surface area (Å²) < 4.78 is 0. The van der Waals surface area contributed by atoms with Gasteiger partial charge in [0.05, 0.1) is 0 Å². The van der Waals surface area contributed by atoms with E-state index < -0.39 is 0 Å². The number of hydrogen-bond donors (Lipinski definition) is 1. The zero-order chi connectivity index (χ0) is 10.8. The number of likely N-dealkylation sites (N-methyl/N-ethyl adjacent to an activating group) is 2. The van der Waals surface area contributed by atoms with Crippen LogP contribution < -0.4 is 5.73 Å². The van der Waals surface area contributed by atoms with Crippen LogP contribution in [0, 0.1) is 0 Å². The van der Waals surface area contributed by atoms with Crippen LogP contribution in [0.1, 0.15) is 26.7 Å². The molecule has 1 heterocycles. The summed E-state index contributed by atoms with van der Waals surface area (Å²) in [7, 11) is 4.43. The second kappa shape index (κ2) is 4.60. The molecule has 0 radical (unpaired) electrons. The predicted octanol–water partition coefficient (Wildman–Crippen LogP) is 0.750. The first-order valence-electron chi connectivity index (χ1n) is 5.59. The third-order valence-electron chi connectivity index (χ3n) is 3.63.